The molecule has 0 spiro atoms. The number of ether oxygens (including phenoxy) is 1. The standard InChI is InChI=1S/C22H22N4O4/c1-13-10-15(6-8-23-13)14-4-5-19-16(11-14)17(7-9-30-19)24-21(28)18-12-20(27)26(3)22(29)25(18)2/h4-6,8,10-12,17H,7,9H2,1-3H3,(H,24,28). The number of hydrogen-bond donors (Lipinski definition) is 1. The maximum absolute atomic E-state index is 12.9. The van der Waals surface area contributed by atoms with Gasteiger partial charge in [0.15, 0.2) is 0 Å². The van der Waals surface area contributed by atoms with Crippen molar-refractivity contribution in [1.29, 1.82) is 0 Å². The van der Waals surface area contributed by atoms with E-state index >= 15 is 0 Å². The number of aryl methyl sites for hydroxylation is 1. The second-order valence-electron chi connectivity index (χ2n) is 7.37. The van der Waals surface area contributed by atoms with Gasteiger partial charge in [0.1, 0.15) is 11.4 Å². The number of fused-ring (bicyclic) bond motifs is 1. The van der Waals surface area contributed by atoms with Crippen molar-refractivity contribution in [3.05, 3.63) is 80.4 Å². The molecule has 1 atom stereocenters. The van der Waals surface area contributed by atoms with E-state index < -0.39 is 17.2 Å². The zero-order chi connectivity index (χ0) is 21.4. The third-order valence-corrected chi connectivity index (χ3v) is 5.34. The maximum Gasteiger partial charge on any atom is 0.331 e. The van der Waals surface area contributed by atoms with Crippen molar-refractivity contribution >= 4 is 5.91 Å². The average Bonchev–Trinajstić information content (AvgIpc) is 2.74. The molecule has 1 aliphatic heterocycles. The maximum atomic E-state index is 12.9. The first kappa shape index (κ1) is 19.6. The second-order valence-corrected chi connectivity index (χ2v) is 7.37. The normalized spacial score (nSPS) is 15.2. The number of nitrogens with zero attached hydrogens (tertiary/aromatic N) is 3. The number of aromatic nitrogens is 3. The smallest absolute Gasteiger partial charge is 0.331 e. The number of hydrogen-bond acceptors (Lipinski definition) is 5. The molecule has 0 radical (unpaired) electrons. The molecule has 3 aromatic rings. The minimum Gasteiger partial charge on any atom is -0.493 e. The van der Waals surface area contributed by atoms with E-state index in [-0.39, 0.29) is 11.7 Å². The van der Waals surface area contributed by atoms with Crippen LogP contribution in [0, 0.1) is 6.92 Å². The van der Waals surface area contributed by atoms with Crippen LogP contribution in [0.25, 0.3) is 11.1 Å². The number of amides is 1. The van der Waals surface area contributed by atoms with Gasteiger partial charge in [0.05, 0.1) is 12.6 Å². The van der Waals surface area contributed by atoms with E-state index in [0.29, 0.717) is 18.8 Å². The first-order chi connectivity index (χ1) is 14.3. The minimum atomic E-state index is -0.546. The van der Waals surface area contributed by atoms with Crippen LogP contribution < -0.4 is 21.3 Å². The van der Waals surface area contributed by atoms with Crippen LogP contribution in [0.1, 0.15) is 34.2 Å². The predicted octanol–water partition coefficient (Wildman–Crippen LogP) is 1.71. The van der Waals surface area contributed by atoms with Crippen LogP contribution in [-0.2, 0) is 14.1 Å². The fourth-order valence-electron chi connectivity index (χ4n) is 3.63. The minimum absolute atomic E-state index is 0.0251. The quantitative estimate of drug-likeness (QED) is 0.715. The lowest BCUT2D eigenvalue weighted by molar-refractivity contribution is 0.0914. The fourth-order valence-corrected chi connectivity index (χ4v) is 3.63. The molecule has 1 N–H and O–H groups in total. The van der Waals surface area contributed by atoms with E-state index in [4.69, 9.17) is 4.74 Å². The summed E-state index contributed by atoms with van der Waals surface area (Å²) in [5.74, 6) is 0.231. The number of nitrogens with one attached hydrogen (secondary N) is 1. The molecule has 1 aromatic carbocycles. The lowest BCUT2D eigenvalue weighted by Gasteiger charge is -2.27. The van der Waals surface area contributed by atoms with Gasteiger partial charge in [-0.05, 0) is 42.3 Å². The molecular formula is C22H22N4O4. The number of rotatable bonds is 3. The molecule has 1 aliphatic rings. The number of pyridine rings is 1. The van der Waals surface area contributed by atoms with Crippen molar-refractivity contribution < 1.29 is 9.53 Å². The van der Waals surface area contributed by atoms with E-state index in [2.05, 4.69) is 10.3 Å². The van der Waals surface area contributed by atoms with Gasteiger partial charge < -0.3 is 10.1 Å². The zero-order valence-electron chi connectivity index (χ0n) is 17.0. The number of benzene rings is 1. The number of carbonyl (C=O) groups is 1. The van der Waals surface area contributed by atoms with E-state index in [1.807, 2.05) is 37.3 Å². The van der Waals surface area contributed by atoms with Gasteiger partial charge in [0, 0.05) is 44.0 Å². The Morgan fingerprint density at radius 3 is 2.63 bits per heavy atom. The first-order valence-electron chi connectivity index (χ1n) is 9.63. The molecule has 30 heavy (non-hydrogen) atoms. The summed E-state index contributed by atoms with van der Waals surface area (Å²) in [6, 6.07) is 10.7. The largest absolute Gasteiger partial charge is 0.493 e. The molecule has 2 aromatic heterocycles. The van der Waals surface area contributed by atoms with Crippen LogP contribution in [0.4, 0.5) is 0 Å². The molecule has 0 saturated heterocycles. The molecule has 1 amide bonds. The molecule has 3 heterocycles. The molecule has 1 unspecified atom stereocenters. The predicted molar refractivity (Wildman–Crippen MR) is 112 cm³/mol. The average molecular weight is 406 g/mol. The molecule has 4 rings (SSSR count). The second kappa shape index (κ2) is 7.62. The fraction of sp³-hybridized carbons (Fsp3) is 0.273. The Balaban J connectivity index is 1.68. The third kappa shape index (κ3) is 3.52. The molecular weight excluding hydrogens is 384 g/mol. The highest BCUT2D eigenvalue weighted by Gasteiger charge is 2.25. The molecule has 8 nitrogen and oxygen atoms in total. The van der Waals surface area contributed by atoms with E-state index in [0.717, 1.165) is 27.0 Å². The SMILES string of the molecule is Cc1cc(-c2ccc3c(c2)C(NC(=O)c2cc(=O)n(C)c(=O)n2C)CCO3)ccn1. The Morgan fingerprint density at radius 1 is 1.10 bits per heavy atom. The van der Waals surface area contributed by atoms with Gasteiger partial charge in [-0.3, -0.25) is 23.7 Å². The topological polar surface area (TPSA) is 95.2 Å². The highest BCUT2D eigenvalue weighted by molar-refractivity contribution is 5.92. The Labute approximate surface area is 172 Å². The van der Waals surface area contributed by atoms with Gasteiger partial charge in [-0.15, -0.1) is 0 Å². The van der Waals surface area contributed by atoms with Crippen LogP contribution >= 0.6 is 0 Å². The van der Waals surface area contributed by atoms with E-state index in [1.54, 1.807) is 6.20 Å². The Bertz CT molecular complexity index is 1260. The van der Waals surface area contributed by atoms with Gasteiger partial charge in [-0.1, -0.05) is 6.07 Å². The summed E-state index contributed by atoms with van der Waals surface area (Å²) in [5.41, 5.74) is 2.74. The highest BCUT2D eigenvalue weighted by atomic mass is 16.5. The van der Waals surface area contributed by atoms with Crippen molar-refractivity contribution in [2.45, 2.75) is 19.4 Å². The lowest BCUT2D eigenvalue weighted by Crippen LogP contribution is -2.42. The highest BCUT2D eigenvalue weighted by Crippen LogP contribution is 2.35. The Morgan fingerprint density at radius 2 is 1.87 bits per heavy atom. The molecule has 0 saturated carbocycles. The summed E-state index contributed by atoms with van der Waals surface area (Å²) in [6.07, 6.45) is 2.34. The van der Waals surface area contributed by atoms with Crippen LogP contribution in [0.2, 0.25) is 0 Å². The van der Waals surface area contributed by atoms with Crippen molar-refractivity contribution in [2.75, 3.05) is 6.61 Å². The summed E-state index contributed by atoms with van der Waals surface area (Å²) in [7, 11) is 2.85. The van der Waals surface area contributed by atoms with Crippen LogP contribution in [-0.4, -0.2) is 26.6 Å². The Kier molecular flexibility index (Phi) is 4.99. The molecule has 0 bridgehead atoms. The van der Waals surface area contributed by atoms with Gasteiger partial charge >= 0.3 is 5.69 Å². The van der Waals surface area contributed by atoms with Crippen molar-refractivity contribution in [2.24, 2.45) is 14.1 Å². The van der Waals surface area contributed by atoms with Crippen molar-refractivity contribution in [3.63, 3.8) is 0 Å². The Hall–Kier alpha value is -3.68. The summed E-state index contributed by atoms with van der Waals surface area (Å²) < 4.78 is 7.90. The van der Waals surface area contributed by atoms with Crippen LogP contribution in [0.3, 0.4) is 0 Å². The summed E-state index contributed by atoms with van der Waals surface area (Å²) >= 11 is 0. The zero-order valence-corrected chi connectivity index (χ0v) is 17.0. The van der Waals surface area contributed by atoms with Crippen LogP contribution in [0.15, 0.2) is 52.2 Å². The first-order valence-corrected chi connectivity index (χ1v) is 9.63. The van der Waals surface area contributed by atoms with E-state index in [9.17, 15) is 14.4 Å². The van der Waals surface area contributed by atoms with Gasteiger partial charge in [-0.25, -0.2) is 4.79 Å². The molecule has 8 heteroatoms. The molecule has 0 aliphatic carbocycles. The van der Waals surface area contributed by atoms with Gasteiger partial charge in [0.25, 0.3) is 11.5 Å². The van der Waals surface area contributed by atoms with Crippen molar-refractivity contribution in [3.8, 4) is 16.9 Å². The summed E-state index contributed by atoms with van der Waals surface area (Å²) in [4.78, 5) is 41.3. The molecule has 154 valence electrons. The number of carbonyl (C=O) groups excluding carboxylic acids is 1. The van der Waals surface area contributed by atoms with E-state index in [1.165, 1.54) is 24.7 Å². The molecule has 0 fully saturated rings. The van der Waals surface area contributed by atoms with Crippen molar-refractivity contribution in [1.82, 2.24) is 19.4 Å². The van der Waals surface area contributed by atoms with Crippen LogP contribution in [0.5, 0.6) is 5.75 Å². The third-order valence-electron chi connectivity index (χ3n) is 5.34. The van der Waals surface area contributed by atoms with Gasteiger partial charge in [0.2, 0.25) is 0 Å². The monoisotopic (exact) mass is 406 g/mol. The lowest BCUT2D eigenvalue weighted by atomic mass is 9.95. The van der Waals surface area contributed by atoms with Gasteiger partial charge in [-0.2, -0.15) is 0 Å². The summed E-state index contributed by atoms with van der Waals surface area (Å²) in [5, 5.41) is 2.96. The summed E-state index contributed by atoms with van der Waals surface area (Å²) in [6.45, 7) is 2.39.